The maximum absolute atomic E-state index is 12.5. The summed E-state index contributed by atoms with van der Waals surface area (Å²) >= 11 is 3.35. The fraction of sp³-hybridized carbons (Fsp3) is 0.345. The van der Waals surface area contributed by atoms with Crippen LogP contribution in [0.3, 0.4) is 0 Å². The van der Waals surface area contributed by atoms with Crippen LogP contribution in [-0.4, -0.2) is 73.7 Å². The number of likely N-dealkylation sites (N-methyl/N-ethyl adjacent to an activating group) is 1. The summed E-state index contributed by atoms with van der Waals surface area (Å²) in [6.45, 7) is 1.21. The highest BCUT2D eigenvalue weighted by molar-refractivity contribution is 9.10. The number of pyridine rings is 1. The van der Waals surface area contributed by atoms with Crippen molar-refractivity contribution in [2.75, 3.05) is 33.0 Å². The number of anilines is 1. The number of aromatic nitrogens is 6. The third-order valence-electron chi connectivity index (χ3n) is 8.18. The van der Waals surface area contributed by atoms with Gasteiger partial charge in [-0.25, -0.2) is 19.7 Å². The van der Waals surface area contributed by atoms with Gasteiger partial charge in [0, 0.05) is 66.6 Å². The molecule has 11 nitrogen and oxygen atoms in total. The average Bonchev–Trinajstić information content (AvgIpc) is 3.59. The van der Waals surface area contributed by atoms with Gasteiger partial charge in [0.1, 0.15) is 17.4 Å². The van der Waals surface area contributed by atoms with Crippen molar-refractivity contribution in [3.05, 3.63) is 76.7 Å². The van der Waals surface area contributed by atoms with Crippen molar-refractivity contribution >= 4 is 49.8 Å². The second-order valence-electron chi connectivity index (χ2n) is 10.6. The molecule has 0 bridgehead atoms. The maximum Gasteiger partial charge on any atom is 0.339 e. The van der Waals surface area contributed by atoms with E-state index in [0.29, 0.717) is 29.2 Å². The van der Waals surface area contributed by atoms with Crippen LogP contribution in [0.1, 0.15) is 27.9 Å². The number of imidazole rings is 1. The van der Waals surface area contributed by atoms with E-state index in [1.807, 2.05) is 7.11 Å². The topological polar surface area (TPSA) is 137 Å². The molecular weight excluding hydrogens is 588 g/mol. The lowest BCUT2D eigenvalue weighted by molar-refractivity contribution is -0.131. The molecule has 0 spiro atoms. The highest BCUT2D eigenvalue weighted by Crippen LogP contribution is 2.49. The molecule has 0 saturated carbocycles. The molecular formula is C29H31BrN8O3. The van der Waals surface area contributed by atoms with Crippen molar-refractivity contribution in [1.82, 2.24) is 34.4 Å². The number of ether oxygens (including phenoxy) is 2. The molecule has 1 aromatic carbocycles. The number of fused-ring (bicyclic) bond motifs is 3. The number of rotatable bonds is 4. The van der Waals surface area contributed by atoms with Crippen LogP contribution in [0.4, 0.5) is 5.82 Å². The van der Waals surface area contributed by atoms with E-state index >= 15 is 0 Å². The first kappa shape index (κ1) is 27.3. The van der Waals surface area contributed by atoms with Crippen LogP contribution in [-0.2, 0) is 28.5 Å². The first-order chi connectivity index (χ1) is 19.8. The normalized spacial score (nSPS) is 21.8. The number of aryl methyl sites for hydroxylation is 1. The molecule has 5 aromatic rings. The van der Waals surface area contributed by atoms with Gasteiger partial charge < -0.3 is 24.8 Å². The Morgan fingerprint density at radius 2 is 2.10 bits per heavy atom. The first-order valence-electron chi connectivity index (χ1n) is 13.3. The Morgan fingerprint density at radius 1 is 1.24 bits per heavy atom. The summed E-state index contributed by atoms with van der Waals surface area (Å²) in [6.07, 6.45) is 10.1. The van der Waals surface area contributed by atoms with Crippen molar-refractivity contribution in [3.8, 4) is 0 Å². The summed E-state index contributed by atoms with van der Waals surface area (Å²) in [7, 11) is 6.07. The fourth-order valence-corrected chi connectivity index (χ4v) is 6.78. The second kappa shape index (κ2) is 10.8. The Morgan fingerprint density at radius 3 is 2.88 bits per heavy atom. The van der Waals surface area contributed by atoms with Gasteiger partial charge in [-0.15, -0.1) is 0 Å². The molecule has 41 heavy (non-hydrogen) atoms. The number of methoxy groups -OCH3 is 1. The van der Waals surface area contributed by atoms with Crippen molar-refractivity contribution in [2.45, 2.75) is 24.5 Å². The Balaban J connectivity index is 0.000000253. The molecule has 1 fully saturated rings. The number of H-pyrrole nitrogens is 1. The number of benzene rings is 1. The zero-order chi connectivity index (χ0) is 28.7. The fourth-order valence-electron chi connectivity index (χ4n) is 6.41. The lowest BCUT2D eigenvalue weighted by atomic mass is 9.69. The molecule has 12 heteroatoms. The highest BCUT2D eigenvalue weighted by atomic mass is 79.9. The van der Waals surface area contributed by atoms with Gasteiger partial charge in [-0.05, 0) is 59.1 Å². The summed E-state index contributed by atoms with van der Waals surface area (Å²) in [5.74, 6) is 0.259. The average molecular weight is 620 g/mol. The van der Waals surface area contributed by atoms with Gasteiger partial charge >= 0.3 is 5.97 Å². The Labute approximate surface area is 245 Å². The third kappa shape index (κ3) is 4.85. The van der Waals surface area contributed by atoms with Crippen molar-refractivity contribution in [3.63, 3.8) is 0 Å². The molecule has 5 heterocycles. The van der Waals surface area contributed by atoms with Crippen LogP contribution in [0.25, 0.3) is 22.1 Å². The number of nitrogens with one attached hydrogen (secondary N) is 1. The summed E-state index contributed by atoms with van der Waals surface area (Å²) in [6, 6.07) is 8.47. The predicted molar refractivity (Wildman–Crippen MR) is 158 cm³/mol. The van der Waals surface area contributed by atoms with Crippen LogP contribution in [0.15, 0.2) is 60.0 Å². The standard InChI is InChI=1S/C24H26BrN3O3.C5H5N5/c1-27-13-17-8-21-24(30-3,19-5-4-6-20(27)22(17)19)9-15(12-28(21)2)14-31-23(29)16-7-18(25)11-26-10-16;6-4-3-5(9-1-7-3)10-2-8-4/h4-7,10-11,13,15,21H,8-9,12,14H2,1-3H3;1-2H,(H3,6,7,8,9,10). The number of piperidine rings is 1. The number of hydrogen-bond donors (Lipinski definition) is 2. The SMILES string of the molecule is COC12CC(COC(=O)c3cncc(Br)c3)CN(C)C1Cc1cn(C)c3cccc2c13.Nc1ncnc2nc[nH]c12. The van der Waals surface area contributed by atoms with Crippen LogP contribution in [0.5, 0.6) is 0 Å². The Kier molecular flexibility index (Phi) is 7.22. The van der Waals surface area contributed by atoms with Gasteiger partial charge in [0.25, 0.3) is 0 Å². The predicted octanol–water partition coefficient (Wildman–Crippen LogP) is 3.85. The molecule has 1 aliphatic carbocycles. The molecule has 1 aliphatic heterocycles. The van der Waals surface area contributed by atoms with Crippen molar-refractivity contribution in [1.29, 1.82) is 0 Å². The van der Waals surface area contributed by atoms with E-state index in [9.17, 15) is 4.79 Å². The number of nitrogens with two attached hydrogens (primary N) is 1. The minimum Gasteiger partial charge on any atom is -0.462 e. The molecule has 0 radical (unpaired) electrons. The largest absolute Gasteiger partial charge is 0.462 e. The molecule has 3 N–H and O–H groups in total. The molecule has 212 valence electrons. The molecule has 2 aliphatic rings. The molecule has 7 rings (SSSR count). The Hall–Kier alpha value is -3.87. The monoisotopic (exact) mass is 618 g/mol. The summed E-state index contributed by atoms with van der Waals surface area (Å²) in [5.41, 5.74) is 10.7. The quantitative estimate of drug-likeness (QED) is 0.288. The van der Waals surface area contributed by atoms with E-state index in [1.54, 1.807) is 12.3 Å². The zero-order valence-electron chi connectivity index (χ0n) is 23.0. The molecule has 1 saturated heterocycles. The second-order valence-corrected chi connectivity index (χ2v) is 11.6. The lowest BCUT2D eigenvalue weighted by Crippen LogP contribution is -2.59. The summed E-state index contributed by atoms with van der Waals surface area (Å²) in [4.78, 5) is 33.3. The van der Waals surface area contributed by atoms with Crippen LogP contribution in [0.2, 0.25) is 0 Å². The number of carbonyl (C=O) groups excluding carboxylic acids is 1. The smallest absolute Gasteiger partial charge is 0.339 e. The Bertz CT molecular complexity index is 1740. The molecule has 3 atom stereocenters. The summed E-state index contributed by atoms with van der Waals surface area (Å²) in [5, 5.41) is 1.31. The number of esters is 1. The number of hydrogen-bond acceptors (Lipinski definition) is 9. The van der Waals surface area contributed by atoms with Gasteiger partial charge in [-0.2, -0.15) is 0 Å². The molecule has 3 unspecified atom stereocenters. The van der Waals surface area contributed by atoms with Gasteiger partial charge in [0.05, 0.1) is 18.5 Å². The van der Waals surface area contributed by atoms with Crippen LogP contribution < -0.4 is 5.73 Å². The summed E-state index contributed by atoms with van der Waals surface area (Å²) < 4.78 is 15.0. The third-order valence-corrected chi connectivity index (χ3v) is 8.61. The number of nitrogens with zero attached hydrogens (tertiary/aromatic N) is 6. The zero-order valence-corrected chi connectivity index (χ0v) is 24.6. The van der Waals surface area contributed by atoms with Crippen LogP contribution in [0, 0.1) is 5.92 Å². The number of carbonyl (C=O) groups is 1. The lowest BCUT2D eigenvalue weighted by Gasteiger charge is -2.53. The van der Waals surface area contributed by atoms with E-state index in [4.69, 9.17) is 15.2 Å². The van der Waals surface area contributed by atoms with E-state index in [1.165, 1.54) is 40.9 Å². The maximum atomic E-state index is 12.5. The number of likely N-dealkylation sites (tertiary alicyclic amines) is 1. The highest BCUT2D eigenvalue weighted by Gasteiger charge is 2.51. The van der Waals surface area contributed by atoms with E-state index in [-0.39, 0.29) is 17.9 Å². The van der Waals surface area contributed by atoms with Gasteiger partial charge in [0.15, 0.2) is 11.5 Å². The first-order valence-corrected chi connectivity index (χ1v) is 14.1. The number of halogens is 1. The van der Waals surface area contributed by atoms with Crippen LogP contribution >= 0.6 is 15.9 Å². The van der Waals surface area contributed by atoms with Crippen molar-refractivity contribution < 1.29 is 14.3 Å². The van der Waals surface area contributed by atoms with Crippen molar-refractivity contribution in [2.24, 2.45) is 13.0 Å². The number of aromatic amines is 1. The minimum atomic E-state index is -0.421. The number of nitrogen functional groups attached to an aromatic ring is 1. The van der Waals surface area contributed by atoms with Gasteiger partial charge in [-0.3, -0.25) is 9.88 Å². The molecule has 0 amide bonds. The van der Waals surface area contributed by atoms with E-state index in [2.05, 4.69) is 88.8 Å². The van der Waals surface area contributed by atoms with Gasteiger partial charge in [0.2, 0.25) is 0 Å². The van der Waals surface area contributed by atoms with E-state index in [0.717, 1.165) is 23.9 Å². The molecule has 4 aromatic heterocycles. The van der Waals surface area contributed by atoms with Gasteiger partial charge in [-0.1, -0.05) is 12.1 Å². The van der Waals surface area contributed by atoms with E-state index < -0.39 is 5.60 Å². The minimum absolute atomic E-state index is 0.172.